The Hall–Kier alpha value is -2.31. The number of nitrogens with one attached hydrogen (secondary N) is 1. The molecule has 1 N–H and O–H groups in total. The van der Waals surface area contributed by atoms with Crippen molar-refractivity contribution in [2.75, 3.05) is 0 Å². The topological polar surface area (TPSA) is 102 Å². The molecule has 7 heteroatoms. The van der Waals surface area contributed by atoms with Gasteiger partial charge in [0.2, 0.25) is 5.91 Å². The standard InChI is InChI=1S/C13H17N3O4/c1-4-5-8(2)12(17)15-13(18)10-6-9(3)14-11(7-10)16(19)20/h6-8H,4-5H2,1-3H3,(H,15,17,18). The number of carbonyl (C=O) groups is 2. The highest BCUT2D eigenvalue weighted by Crippen LogP contribution is 2.13. The lowest BCUT2D eigenvalue weighted by Crippen LogP contribution is -2.34. The zero-order chi connectivity index (χ0) is 15.3. The fourth-order valence-electron chi connectivity index (χ4n) is 1.75. The van der Waals surface area contributed by atoms with Gasteiger partial charge in [0.15, 0.2) is 5.69 Å². The quantitative estimate of drug-likeness (QED) is 0.656. The normalized spacial score (nSPS) is 11.8. The molecule has 0 saturated heterocycles. The van der Waals surface area contributed by atoms with Crippen LogP contribution in [0, 0.1) is 23.0 Å². The minimum atomic E-state index is -0.675. The smallest absolute Gasteiger partial charge is 0.358 e. The van der Waals surface area contributed by atoms with Crippen LogP contribution in [0.3, 0.4) is 0 Å². The van der Waals surface area contributed by atoms with Crippen LogP contribution in [0.25, 0.3) is 0 Å². The number of nitrogens with zero attached hydrogens (tertiary/aromatic N) is 2. The molecule has 0 aliphatic heterocycles. The number of aromatic nitrogens is 1. The summed E-state index contributed by atoms with van der Waals surface area (Å²) >= 11 is 0. The van der Waals surface area contributed by atoms with Crippen LogP contribution in [0.5, 0.6) is 0 Å². The molecule has 0 spiro atoms. The monoisotopic (exact) mass is 279 g/mol. The summed E-state index contributed by atoms with van der Waals surface area (Å²) < 4.78 is 0. The molecule has 0 aliphatic rings. The van der Waals surface area contributed by atoms with E-state index in [2.05, 4.69) is 10.3 Å². The second-order valence-electron chi connectivity index (χ2n) is 4.62. The maximum atomic E-state index is 11.9. The van der Waals surface area contributed by atoms with Crippen molar-refractivity contribution >= 4 is 17.6 Å². The lowest BCUT2D eigenvalue weighted by atomic mass is 10.1. The van der Waals surface area contributed by atoms with Crippen LogP contribution in [0.4, 0.5) is 5.82 Å². The third-order valence-electron chi connectivity index (χ3n) is 2.80. The predicted octanol–water partition coefficient (Wildman–Crippen LogP) is 1.99. The Labute approximate surface area is 116 Å². The highest BCUT2D eigenvalue weighted by molar-refractivity contribution is 6.05. The van der Waals surface area contributed by atoms with Gasteiger partial charge in [-0.1, -0.05) is 20.3 Å². The summed E-state index contributed by atoms with van der Waals surface area (Å²) in [4.78, 5) is 37.4. The van der Waals surface area contributed by atoms with Crippen molar-refractivity contribution in [3.63, 3.8) is 0 Å². The van der Waals surface area contributed by atoms with Crippen molar-refractivity contribution in [3.05, 3.63) is 33.5 Å². The van der Waals surface area contributed by atoms with E-state index in [1.807, 2.05) is 6.92 Å². The average Bonchev–Trinajstić information content (AvgIpc) is 2.37. The van der Waals surface area contributed by atoms with Gasteiger partial charge in [-0.2, -0.15) is 0 Å². The first-order chi connectivity index (χ1) is 9.35. The summed E-state index contributed by atoms with van der Waals surface area (Å²) in [5.41, 5.74) is 0.402. The summed E-state index contributed by atoms with van der Waals surface area (Å²) in [7, 11) is 0. The van der Waals surface area contributed by atoms with Gasteiger partial charge in [0.1, 0.15) is 0 Å². The number of carbonyl (C=O) groups excluding carboxylic acids is 2. The molecule has 1 unspecified atom stereocenters. The molecule has 1 heterocycles. The Bertz CT molecular complexity index is 542. The highest BCUT2D eigenvalue weighted by Gasteiger charge is 2.19. The van der Waals surface area contributed by atoms with Gasteiger partial charge >= 0.3 is 5.82 Å². The van der Waals surface area contributed by atoms with E-state index in [4.69, 9.17) is 0 Å². The van der Waals surface area contributed by atoms with Gasteiger partial charge < -0.3 is 10.1 Å². The van der Waals surface area contributed by atoms with E-state index in [9.17, 15) is 19.7 Å². The molecule has 20 heavy (non-hydrogen) atoms. The molecule has 0 aliphatic carbocycles. The molecule has 1 aromatic rings. The highest BCUT2D eigenvalue weighted by atomic mass is 16.6. The summed E-state index contributed by atoms with van der Waals surface area (Å²) in [6, 6.07) is 2.46. The molecule has 0 bridgehead atoms. The van der Waals surface area contributed by atoms with Crippen LogP contribution in [0.1, 0.15) is 42.7 Å². The Morgan fingerprint density at radius 2 is 2.10 bits per heavy atom. The number of imide groups is 1. The SMILES string of the molecule is CCCC(C)C(=O)NC(=O)c1cc(C)nc([N+](=O)[O-])c1. The van der Waals surface area contributed by atoms with Gasteiger partial charge in [-0.3, -0.25) is 14.9 Å². The molecule has 108 valence electrons. The summed E-state index contributed by atoms with van der Waals surface area (Å²) in [6.45, 7) is 5.22. The number of nitro groups is 1. The van der Waals surface area contributed by atoms with Gasteiger partial charge in [0.05, 0.1) is 5.56 Å². The number of rotatable bonds is 5. The molecule has 1 aromatic heterocycles. The van der Waals surface area contributed by atoms with Crippen molar-refractivity contribution in [2.24, 2.45) is 5.92 Å². The summed E-state index contributed by atoms with van der Waals surface area (Å²) in [5.74, 6) is -1.72. The van der Waals surface area contributed by atoms with E-state index in [0.717, 1.165) is 12.5 Å². The van der Waals surface area contributed by atoms with Crippen molar-refractivity contribution in [2.45, 2.75) is 33.6 Å². The minimum absolute atomic E-state index is 0.0567. The third kappa shape index (κ3) is 4.11. The van der Waals surface area contributed by atoms with Crippen LogP contribution in [-0.2, 0) is 4.79 Å². The maximum Gasteiger partial charge on any atom is 0.364 e. The number of hydrogen-bond donors (Lipinski definition) is 1. The number of aryl methyl sites for hydroxylation is 1. The molecule has 0 fully saturated rings. The number of hydrogen-bond acceptors (Lipinski definition) is 5. The second-order valence-corrected chi connectivity index (χ2v) is 4.62. The van der Waals surface area contributed by atoms with E-state index in [1.165, 1.54) is 6.07 Å². The zero-order valence-corrected chi connectivity index (χ0v) is 11.7. The van der Waals surface area contributed by atoms with E-state index in [1.54, 1.807) is 13.8 Å². The van der Waals surface area contributed by atoms with Crippen LogP contribution >= 0.6 is 0 Å². The Morgan fingerprint density at radius 3 is 2.65 bits per heavy atom. The minimum Gasteiger partial charge on any atom is -0.358 e. The van der Waals surface area contributed by atoms with Crippen LogP contribution in [0.15, 0.2) is 12.1 Å². The molecule has 0 aromatic carbocycles. The van der Waals surface area contributed by atoms with Gasteiger partial charge in [0, 0.05) is 18.9 Å². The number of pyridine rings is 1. The first-order valence-corrected chi connectivity index (χ1v) is 6.33. The Balaban J connectivity index is 2.87. The van der Waals surface area contributed by atoms with Crippen LogP contribution < -0.4 is 5.32 Å². The lowest BCUT2D eigenvalue weighted by molar-refractivity contribution is -0.389. The van der Waals surface area contributed by atoms with Gasteiger partial charge in [-0.25, -0.2) is 0 Å². The van der Waals surface area contributed by atoms with Gasteiger partial charge in [-0.05, 0) is 22.4 Å². The van der Waals surface area contributed by atoms with Crippen molar-refractivity contribution < 1.29 is 14.5 Å². The molecular formula is C13H17N3O4. The third-order valence-corrected chi connectivity index (χ3v) is 2.80. The van der Waals surface area contributed by atoms with Crippen molar-refractivity contribution in [1.82, 2.24) is 10.3 Å². The van der Waals surface area contributed by atoms with Gasteiger partial charge in [-0.15, -0.1) is 0 Å². The largest absolute Gasteiger partial charge is 0.364 e. The molecule has 1 rings (SSSR count). The summed E-state index contributed by atoms with van der Waals surface area (Å²) in [5, 5.41) is 12.9. The molecular weight excluding hydrogens is 262 g/mol. The van der Waals surface area contributed by atoms with E-state index in [0.29, 0.717) is 12.1 Å². The molecule has 0 saturated carbocycles. The molecule has 0 radical (unpaired) electrons. The van der Waals surface area contributed by atoms with E-state index < -0.39 is 16.6 Å². The van der Waals surface area contributed by atoms with Crippen LogP contribution in [-0.4, -0.2) is 21.7 Å². The van der Waals surface area contributed by atoms with Gasteiger partial charge in [0.25, 0.3) is 5.91 Å². The Morgan fingerprint density at radius 1 is 1.45 bits per heavy atom. The van der Waals surface area contributed by atoms with E-state index in [-0.39, 0.29) is 17.4 Å². The van der Waals surface area contributed by atoms with E-state index >= 15 is 0 Å². The average molecular weight is 279 g/mol. The summed E-state index contributed by atoms with van der Waals surface area (Å²) in [6.07, 6.45) is 1.51. The molecule has 1 atom stereocenters. The van der Waals surface area contributed by atoms with Crippen molar-refractivity contribution in [1.29, 1.82) is 0 Å². The molecule has 2 amide bonds. The first kappa shape index (κ1) is 15.7. The zero-order valence-electron chi connectivity index (χ0n) is 11.7. The predicted molar refractivity (Wildman–Crippen MR) is 72.2 cm³/mol. The lowest BCUT2D eigenvalue weighted by Gasteiger charge is -2.09. The van der Waals surface area contributed by atoms with Crippen LogP contribution in [0.2, 0.25) is 0 Å². The second kappa shape index (κ2) is 6.74. The maximum absolute atomic E-state index is 11.9. The molecule has 7 nitrogen and oxygen atoms in total. The number of amides is 2. The van der Waals surface area contributed by atoms with Crippen molar-refractivity contribution in [3.8, 4) is 0 Å². The fraction of sp³-hybridized carbons (Fsp3) is 0.462. The first-order valence-electron chi connectivity index (χ1n) is 6.33. The fourth-order valence-corrected chi connectivity index (χ4v) is 1.75. The Kier molecular flexibility index (Phi) is 5.31.